The van der Waals surface area contributed by atoms with Gasteiger partial charge in [0.1, 0.15) is 0 Å². The summed E-state index contributed by atoms with van der Waals surface area (Å²) in [6.45, 7) is 0. The zero-order valence-electron chi connectivity index (χ0n) is 33.2. The van der Waals surface area contributed by atoms with E-state index in [-0.39, 0.29) is 0 Å². The van der Waals surface area contributed by atoms with E-state index in [1.54, 1.807) is 0 Å². The second kappa shape index (κ2) is 15.5. The van der Waals surface area contributed by atoms with Crippen molar-refractivity contribution in [3.05, 3.63) is 231 Å². The molecule has 2 heterocycles. The number of nitrogens with zero attached hydrogens (tertiary/aromatic N) is 4. The van der Waals surface area contributed by atoms with Crippen molar-refractivity contribution >= 4 is 21.8 Å². The van der Waals surface area contributed by atoms with Crippen LogP contribution in [0.25, 0.3) is 106 Å². The molecule has 0 spiro atoms. The number of para-hydroxylation sites is 3. The van der Waals surface area contributed by atoms with Gasteiger partial charge >= 0.3 is 0 Å². The van der Waals surface area contributed by atoms with Crippen LogP contribution in [-0.4, -0.2) is 19.5 Å². The largest absolute Gasteiger partial charge is 0.309 e. The predicted molar refractivity (Wildman–Crippen MR) is 252 cm³/mol. The summed E-state index contributed by atoms with van der Waals surface area (Å²) in [4.78, 5) is 15.3. The van der Waals surface area contributed by atoms with Crippen molar-refractivity contribution in [2.75, 3.05) is 0 Å². The number of fused-ring (bicyclic) bond motifs is 3. The molecule has 4 heteroatoms. The topological polar surface area (TPSA) is 43.6 Å². The van der Waals surface area contributed by atoms with Crippen LogP contribution < -0.4 is 0 Å². The molecule has 11 aromatic rings. The first-order chi connectivity index (χ1) is 30.2. The van der Waals surface area contributed by atoms with Gasteiger partial charge in [-0.1, -0.05) is 200 Å². The molecule has 0 fully saturated rings. The second-order valence-corrected chi connectivity index (χ2v) is 15.2. The summed E-state index contributed by atoms with van der Waals surface area (Å²) >= 11 is 0. The summed E-state index contributed by atoms with van der Waals surface area (Å²) in [7, 11) is 0. The molecule has 0 saturated heterocycles. The number of rotatable bonds is 8. The summed E-state index contributed by atoms with van der Waals surface area (Å²) in [5.41, 5.74) is 15.5. The van der Waals surface area contributed by atoms with Crippen LogP contribution in [0.5, 0.6) is 0 Å². The first-order valence-corrected chi connectivity index (χ1v) is 20.6. The van der Waals surface area contributed by atoms with Crippen molar-refractivity contribution in [3.63, 3.8) is 0 Å². The number of hydrogen-bond donors (Lipinski definition) is 0. The number of benzene rings is 9. The van der Waals surface area contributed by atoms with Crippen molar-refractivity contribution in [1.82, 2.24) is 19.5 Å². The van der Waals surface area contributed by atoms with E-state index in [4.69, 9.17) is 15.0 Å². The molecular weight excluding hydrogens is 741 g/mol. The van der Waals surface area contributed by atoms with E-state index in [1.165, 1.54) is 32.9 Å². The lowest BCUT2D eigenvalue weighted by Crippen LogP contribution is -2.00. The zero-order chi connectivity index (χ0) is 40.5. The molecule has 0 aliphatic heterocycles. The van der Waals surface area contributed by atoms with E-state index in [0.717, 1.165) is 55.8 Å². The van der Waals surface area contributed by atoms with E-state index in [9.17, 15) is 0 Å². The molecule has 0 atom stereocenters. The van der Waals surface area contributed by atoms with Crippen LogP contribution in [0.15, 0.2) is 231 Å². The molecule has 0 unspecified atom stereocenters. The van der Waals surface area contributed by atoms with Gasteiger partial charge in [0.2, 0.25) is 0 Å². The van der Waals surface area contributed by atoms with Crippen molar-refractivity contribution in [2.24, 2.45) is 0 Å². The SMILES string of the molecule is c1ccc(-c2ccc(-c3nc(-c4ccc(-c5cccc(-c6ccccc6-n6c7ccccc7c7ccccc76)c5)cc4)nc(-c4cccc(-c5ccccc5)c4)n3)cc2)cc1. The number of hydrogen-bond acceptors (Lipinski definition) is 3. The summed E-state index contributed by atoms with van der Waals surface area (Å²) < 4.78 is 2.40. The smallest absolute Gasteiger partial charge is 0.164 e. The maximum Gasteiger partial charge on any atom is 0.164 e. The monoisotopic (exact) mass is 778 g/mol. The fourth-order valence-corrected chi connectivity index (χ4v) is 8.45. The van der Waals surface area contributed by atoms with E-state index >= 15 is 0 Å². The van der Waals surface area contributed by atoms with Crippen molar-refractivity contribution < 1.29 is 0 Å². The lowest BCUT2D eigenvalue weighted by molar-refractivity contribution is 1.07. The predicted octanol–water partition coefficient (Wildman–Crippen LogP) is 14.6. The Hall–Kier alpha value is -8.21. The molecule has 0 aliphatic carbocycles. The molecule has 0 aliphatic rings. The summed E-state index contributed by atoms with van der Waals surface area (Å²) in [6.07, 6.45) is 0. The normalized spacial score (nSPS) is 11.3. The second-order valence-electron chi connectivity index (χ2n) is 15.2. The molecular formula is C57H38N4. The maximum absolute atomic E-state index is 5.11. The van der Waals surface area contributed by atoms with Crippen molar-refractivity contribution in [2.45, 2.75) is 0 Å². The molecule has 0 bridgehead atoms. The zero-order valence-corrected chi connectivity index (χ0v) is 33.2. The lowest BCUT2D eigenvalue weighted by Gasteiger charge is -2.15. The quantitative estimate of drug-likeness (QED) is 0.154. The molecule has 286 valence electrons. The van der Waals surface area contributed by atoms with E-state index in [2.05, 4.69) is 223 Å². The molecule has 4 nitrogen and oxygen atoms in total. The molecule has 61 heavy (non-hydrogen) atoms. The van der Waals surface area contributed by atoms with Gasteiger partial charge in [-0.3, -0.25) is 0 Å². The van der Waals surface area contributed by atoms with Crippen LogP contribution in [0.4, 0.5) is 0 Å². The highest BCUT2D eigenvalue weighted by Crippen LogP contribution is 2.38. The van der Waals surface area contributed by atoms with Gasteiger partial charge in [0, 0.05) is 33.0 Å². The van der Waals surface area contributed by atoms with Gasteiger partial charge < -0.3 is 4.57 Å². The van der Waals surface area contributed by atoms with Gasteiger partial charge in [0.25, 0.3) is 0 Å². The highest BCUT2D eigenvalue weighted by atomic mass is 15.0. The average molecular weight is 779 g/mol. The molecule has 11 rings (SSSR count). The minimum atomic E-state index is 0.623. The van der Waals surface area contributed by atoms with Crippen LogP contribution >= 0.6 is 0 Å². The Morgan fingerprint density at radius 2 is 0.607 bits per heavy atom. The van der Waals surface area contributed by atoms with Crippen molar-refractivity contribution in [3.8, 4) is 84.4 Å². The fraction of sp³-hybridized carbons (Fsp3) is 0. The molecule has 0 radical (unpaired) electrons. The average Bonchev–Trinajstić information content (AvgIpc) is 3.69. The first kappa shape index (κ1) is 35.9. The molecule has 0 amide bonds. The maximum atomic E-state index is 5.11. The highest BCUT2D eigenvalue weighted by Gasteiger charge is 2.17. The standard InChI is InChI=1S/C57H38N4/c1-3-15-39(16-4-1)41-29-33-43(34-30-41)55-58-56(60-57(59-55)48-22-14-20-46(38-48)40-17-5-2-6-18-40)44-35-31-42(32-36-44)45-19-13-21-47(37-45)49-23-7-10-26-52(49)61-53-27-11-8-24-50(53)51-25-9-12-28-54(51)61/h1-38H. The van der Waals surface area contributed by atoms with Gasteiger partial charge in [0.15, 0.2) is 17.5 Å². The molecule has 0 saturated carbocycles. The fourth-order valence-electron chi connectivity index (χ4n) is 8.45. The molecule has 2 aromatic heterocycles. The summed E-state index contributed by atoms with van der Waals surface area (Å²) in [5.74, 6) is 1.88. The Labute approximate surface area is 354 Å². The third-order valence-electron chi connectivity index (χ3n) is 11.5. The van der Waals surface area contributed by atoms with Gasteiger partial charge in [-0.2, -0.15) is 0 Å². The minimum absolute atomic E-state index is 0.623. The number of aromatic nitrogens is 4. The van der Waals surface area contributed by atoms with Crippen LogP contribution in [0.3, 0.4) is 0 Å². The summed E-state index contributed by atoms with van der Waals surface area (Å²) in [6, 6.07) is 81.2. The molecule has 9 aromatic carbocycles. The van der Waals surface area contributed by atoms with E-state index < -0.39 is 0 Å². The van der Waals surface area contributed by atoms with Crippen LogP contribution in [0.2, 0.25) is 0 Å². The Morgan fingerprint density at radius 1 is 0.246 bits per heavy atom. The van der Waals surface area contributed by atoms with Gasteiger partial charge in [-0.05, 0) is 69.3 Å². The molecule has 0 N–H and O–H groups in total. The minimum Gasteiger partial charge on any atom is -0.309 e. The van der Waals surface area contributed by atoms with Gasteiger partial charge in [0.05, 0.1) is 16.7 Å². The van der Waals surface area contributed by atoms with Crippen LogP contribution in [0.1, 0.15) is 0 Å². The Kier molecular flexibility index (Phi) is 9.14. The van der Waals surface area contributed by atoms with Crippen molar-refractivity contribution in [1.29, 1.82) is 0 Å². The van der Waals surface area contributed by atoms with Crippen LogP contribution in [0, 0.1) is 0 Å². The van der Waals surface area contributed by atoms with E-state index in [1.807, 2.05) is 12.1 Å². The first-order valence-electron chi connectivity index (χ1n) is 20.6. The van der Waals surface area contributed by atoms with Gasteiger partial charge in [-0.25, -0.2) is 15.0 Å². The van der Waals surface area contributed by atoms with E-state index in [0.29, 0.717) is 17.5 Å². The third kappa shape index (κ3) is 6.86. The van der Waals surface area contributed by atoms with Gasteiger partial charge in [-0.15, -0.1) is 0 Å². The third-order valence-corrected chi connectivity index (χ3v) is 11.5. The highest BCUT2D eigenvalue weighted by molar-refractivity contribution is 6.09. The summed E-state index contributed by atoms with van der Waals surface area (Å²) in [5, 5.41) is 2.50. The Balaban J connectivity index is 0.965. The lowest BCUT2D eigenvalue weighted by atomic mass is 9.97. The van der Waals surface area contributed by atoms with Crippen LogP contribution in [-0.2, 0) is 0 Å². The Bertz CT molecular complexity index is 3280. The Morgan fingerprint density at radius 3 is 1.18 bits per heavy atom.